The quantitative estimate of drug-likeness (QED) is 0.690. The van der Waals surface area contributed by atoms with Gasteiger partial charge >= 0.3 is 0 Å². The van der Waals surface area contributed by atoms with Crippen molar-refractivity contribution in [2.45, 2.75) is 25.4 Å². The maximum absolute atomic E-state index is 4.97. The van der Waals surface area contributed by atoms with Crippen molar-refractivity contribution in [3.05, 3.63) is 36.3 Å². The van der Waals surface area contributed by atoms with Gasteiger partial charge in [0.05, 0.1) is 12.5 Å². The van der Waals surface area contributed by atoms with Crippen LogP contribution in [0.5, 0.6) is 0 Å². The minimum atomic E-state index is 0.639. The van der Waals surface area contributed by atoms with Gasteiger partial charge in [-0.15, -0.1) is 0 Å². The lowest BCUT2D eigenvalue weighted by atomic mass is 10.2. The summed E-state index contributed by atoms with van der Waals surface area (Å²) in [5, 5.41) is 3.46. The van der Waals surface area contributed by atoms with Gasteiger partial charge in [0, 0.05) is 18.2 Å². The van der Waals surface area contributed by atoms with E-state index in [1.54, 1.807) is 12.5 Å². The molecular weight excluding hydrogens is 150 g/mol. The van der Waals surface area contributed by atoms with Crippen LogP contribution in [-0.2, 0) is 6.54 Å². The van der Waals surface area contributed by atoms with Gasteiger partial charge in [0.1, 0.15) is 0 Å². The zero-order valence-corrected chi connectivity index (χ0v) is 6.99. The van der Waals surface area contributed by atoms with E-state index in [2.05, 4.69) is 17.5 Å². The van der Waals surface area contributed by atoms with Crippen LogP contribution in [0.15, 0.2) is 35.2 Å². The van der Waals surface area contributed by atoms with Crippen molar-refractivity contribution in [2.75, 3.05) is 0 Å². The summed E-state index contributed by atoms with van der Waals surface area (Å²) < 4.78 is 4.97. The highest BCUT2D eigenvalue weighted by Crippen LogP contribution is 2.10. The van der Waals surface area contributed by atoms with E-state index in [4.69, 9.17) is 4.42 Å². The van der Waals surface area contributed by atoms with Gasteiger partial charge in [-0.05, 0) is 18.9 Å². The van der Waals surface area contributed by atoms with E-state index in [0.29, 0.717) is 6.04 Å². The van der Waals surface area contributed by atoms with E-state index in [9.17, 15) is 0 Å². The number of furan rings is 1. The Morgan fingerprint density at radius 3 is 2.92 bits per heavy atom. The summed E-state index contributed by atoms with van der Waals surface area (Å²) in [5.74, 6) is 0. The summed E-state index contributed by atoms with van der Waals surface area (Å²) in [5.41, 5.74) is 1.22. The summed E-state index contributed by atoms with van der Waals surface area (Å²) >= 11 is 0. The fourth-order valence-corrected chi connectivity index (χ4v) is 1.44. The Balaban J connectivity index is 1.75. The van der Waals surface area contributed by atoms with Gasteiger partial charge in [-0.2, -0.15) is 0 Å². The second-order valence-electron chi connectivity index (χ2n) is 3.15. The van der Waals surface area contributed by atoms with Gasteiger partial charge in [-0.3, -0.25) is 0 Å². The molecule has 0 spiro atoms. The topological polar surface area (TPSA) is 25.2 Å². The Labute approximate surface area is 72.3 Å². The summed E-state index contributed by atoms with van der Waals surface area (Å²) in [4.78, 5) is 0. The largest absolute Gasteiger partial charge is 0.472 e. The molecule has 2 nitrogen and oxygen atoms in total. The molecule has 0 saturated carbocycles. The highest BCUT2D eigenvalue weighted by atomic mass is 16.3. The highest BCUT2D eigenvalue weighted by Gasteiger charge is 2.08. The zero-order chi connectivity index (χ0) is 8.23. The van der Waals surface area contributed by atoms with E-state index in [1.807, 2.05) is 6.07 Å². The Morgan fingerprint density at radius 1 is 1.42 bits per heavy atom. The number of hydrogen-bond donors (Lipinski definition) is 1. The molecule has 0 saturated heterocycles. The van der Waals surface area contributed by atoms with Crippen LogP contribution in [0.4, 0.5) is 0 Å². The molecule has 1 aromatic heterocycles. The number of rotatable bonds is 3. The molecule has 0 radical (unpaired) electrons. The third-order valence-corrected chi connectivity index (χ3v) is 2.18. The fraction of sp³-hybridized carbons (Fsp3) is 0.400. The first-order valence-electron chi connectivity index (χ1n) is 4.34. The second kappa shape index (κ2) is 3.59. The van der Waals surface area contributed by atoms with Crippen molar-refractivity contribution < 1.29 is 4.42 Å². The molecule has 0 unspecified atom stereocenters. The van der Waals surface area contributed by atoms with Gasteiger partial charge in [-0.25, -0.2) is 0 Å². The summed E-state index contributed by atoms with van der Waals surface area (Å²) in [6.45, 7) is 0.919. The molecule has 1 N–H and O–H groups in total. The van der Waals surface area contributed by atoms with Gasteiger partial charge in [0.2, 0.25) is 0 Å². The molecule has 2 rings (SSSR count). The highest BCUT2D eigenvalue weighted by molar-refractivity contribution is 5.06. The molecule has 1 aliphatic rings. The minimum Gasteiger partial charge on any atom is -0.472 e. The fourth-order valence-electron chi connectivity index (χ4n) is 1.44. The molecule has 2 heteroatoms. The SMILES string of the molecule is C1=CCC(NCc2ccoc2)C1. The lowest BCUT2D eigenvalue weighted by Gasteiger charge is -2.09. The Bertz CT molecular complexity index is 243. The molecule has 0 aliphatic heterocycles. The molecule has 12 heavy (non-hydrogen) atoms. The maximum atomic E-state index is 4.97. The van der Waals surface area contributed by atoms with Crippen molar-refractivity contribution in [3.63, 3.8) is 0 Å². The maximum Gasteiger partial charge on any atom is 0.0947 e. The van der Waals surface area contributed by atoms with Crippen molar-refractivity contribution >= 4 is 0 Å². The van der Waals surface area contributed by atoms with E-state index in [-0.39, 0.29) is 0 Å². The third kappa shape index (κ3) is 1.77. The van der Waals surface area contributed by atoms with Gasteiger partial charge in [0.15, 0.2) is 0 Å². The molecule has 0 aromatic carbocycles. The molecule has 1 heterocycles. The van der Waals surface area contributed by atoms with Gasteiger partial charge < -0.3 is 9.73 Å². The van der Waals surface area contributed by atoms with Crippen LogP contribution in [-0.4, -0.2) is 6.04 Å². The van der Waals surface area contributed by atoms with Crippen molar-refractivity contribution in [1.82, 2.24) is 5.32 Å². The second-order valence-corrected chi connectivity index (χ2v) is 3.15. The average Bonchev–Trinajstić information content (AvgIpc) is 2.74. The van der Waals surface area contributed by atoms with Crippen LogP contribution < -0.4 is 5.32 Å². The van der Waals surface area contributed by atoms with Gasteiger partial charge in [-0.1, -0.05) is 12.2 Å². The minimum absolute atomic E-state index is 0.639. The predicted molar refractivity (Wildman–Crippen MR) is 47.7 cm³/mol. The van der Waals surface area contributed by atoms with Crippen LogP contribution in [0, 0.1) is 0 Å². The van der Waals surface area contributed by atoms with Crippen molar-refractivity contribution in [3.8, 4) is 0 Å². The molecule has 0 bridgehead atoms. The van der Waals surface area contributed by atoms with E-state index in [0.717, 1.165) is 19.4 Å². The van der Waals surface area contributed by atoms with E-state index >= 15 is 0 Å². The normalized spacial score (nSPS) is 17.3. The number of hydrogen-bond acceptors (Lipinski definition) is 2. The van der Waals surface area contributed by atoms with Crippen LogP contribution in [0.3, 0.4) is 0 Å². The lowest BCUT2D eigenvalue weighted by Crippen LogP contribution is -2.25. The molecular formula is C10H13NO. The van der Waals surface area contributed by atoms with Crippen LogP contribution in [0.2, 0.25) is 0 Å². The Morgan fingerprint density at radius 2 is 2.25 bits per heavy atom. The molecule has 0 fully saturated rings. The average molecular weight is 163 g/mol. The Kier molecular flexibility index (Phi) is 2.28. The first-order chi connectivity index (χ1) is 5.95. The molecule has 64 valence electrons. The monoisotopic (exact) mass is 163 g/mol. The van der Waals surface area contributed by atoms with Crippen LogP contribution >= 0.6 is 0 Å². The van der Waals surface area contributed by atoms with E-state index in [1.165, 1.54) is 5.56 Å². The molecule has 0 atom stereocenters. The summed E-state index contributed by atoms with van der Waals surface area (Å²) in [6, 6.07) is 2.63. The third-order valence-electron chi connectivity index (χ3n) is 2.18. The first-order valence-corrected chi connectivity index (χ1v) is 4.34. The zero-order valence-electron chi connectivity index (χ0n) is 6.99. The lowest BCUT2D eigenvalue weighted by molar-refractivity contribution is 0.527. The smallest absolute Gasteiger partial charge is 0.0947 e. The number of nitrogens with one attached hydrogen (secondary N) is 1. The van der Waals surface area contributed by atoms with Crippen LogP contribution in [0.1, 0.15) is 18.4 Å². The first kappa shape index (κ1) is 7.62. The van der Waals surface area contributed by atoms with Crippen molar-refractivity contribution in [2.24, 2.45) is 0 Å². The van der Waals surface area contributed by atoms with Gasteiger partial charge in [0.25, 0.3) is 0 Å². The molecule has 0 amide bonds. The predicted octanol–water partition coefficient (Wildman–Crippen LogP) is 2.09. The summed E-state index contributed by atoms with van der Waals surface area (Å²) in [6.07, 6.45) is 10.3. The molecule has 1 aliphatic carbocycles. The van der Waals surface area contributed by atoms with Crippen molar-refractivity contribution in [1.29, 1.82) is 0 Å². The Hall–Kier alpha value is -1.02. The van der Waals surface area contributed by atoms with Crippen LogP contribution in [0.25, 0.3) is 0 Å². The van der Waals surface area contributed by atoms with E-state index < -0.39 is 0 Å². The standard InChI is InChI=1S/C10H13NO/c1-2-4-10(3-1)11-7-9-5-6-12-8-9/h1-2,5-6,8,10-11H,3-4,7H2. The summed E-state index contributed by atoms with van der Waals surface area (Å²) in [7, 11) is 0. The molecule has 1 aromatic rings.